The van der Waals surface area contributed by atoms with Gasteiger partial charge in [-0.3, -0.25) is 19.5 Å². The number of aliphatic hydroxyl groups excluding tert-OH is 1. The van der Waals surface area contributed by atoms with Crippen LogP contribution in [0, 0.1) is 0 Å². The third kappa shape index (κ3) is 3.69. The van der Waals surface area contributed by atoms with Crippen LogP contribution in [0.2, 0.25) is 0 Å². The summed E-state index contributed by atoms with van der Waals surface area (Å²) in [5, 5.41) is 11.1. The minimum atomic E-state index is -0.868. The van der Waals surface area contributed by atoms with Crippen LogP contribution < -0.4 is 14.5 Å². The zero-order chi connectivity index (χ0) is 22.8. The van der Waals surface area contributed by atoms with E-state index < -0.39 is 17.7 Å². The third-order valence-electron chi connectivity index (χ3n) is 5.40. The Labute approximate surface area is 186 Å². The van der Waals surface area contributed by atoms with Crippen molar-refractivity contribution in [2.24, 2.45) is 0 Å². The molecule has 1 aliphatic rings. The van der Waals surface area contributed by atoms with Gasteiger partial charge in [0, 0.05) is 37.2 Å². The summed E-state index contributed by atoms with van der Waals surface area (Å²) in [7, 11) is 5.36. The Morgan fingerprint density at radius 3 is 2.41 bits per heavy atom. The number of aliphatic hydroxyl groups is 1. The Balaban J connectivity index is 1.90. The average Bonchev–Trinajstić information content (AvgIpc) is 3.09. The average molecular weight is 429 g/mol. The topological polar surface area (TPSA) is 83.0 Å². The Hall–Kier alpha value is -4.13. The van der Waals surface area contributed by atoms with Gasteiger partial charge in [-0.25, -0.2) is 0 Å². The number of ether oxygens (including phenoxy) is 1. The summed E-state index contributed by atoms with van der Waals surface area (Å²) in [6.45, 7) is 0. The van der Waals surface area contributed by atoms with E-state index in [-0.39, 0.29) is 11.3 Å². The lowest BCUT2D eigenvalue weighted by molar-refractivity contribution is -0.132. The second-order valence-electron chi connectivity index (χ2n) is 7.57. The quantitative estimate of drug-likeness (QED) is 0.378. The molecule has 7 nitrogen and oxygen atoms in total. The lowest BCUT2D eigenvalue weighted by Gasteiger charge is -2.25. The molecule has 1 amide bonds. The third-order valence-corrected chi connectivity index (χ3v) is 5.40. The lowest BCUT2D eigenvalue weighted by atomic mass is 9.98. The summed E-state index contributed by atoms with van der Waals surface area (Å²) in [6.07, 6.45) is 1.59. The van der Waals surface area contributed by atoms with Gasteiger partial charge in [0.15, 0.2) is 0 Å². The van der Waals surface area contributed by atoms with Crippen molar-refractivity contribution < 1.29 is 19.4 Å². The zero-order valence-electron chi connectivity index (χ0n) is 18.0. The molecule has 0 radical (unpaired) electrons. The number of benzene rings is 2. The highest BCUT2D eigenvalue weighted by atomic mass is 16.5. The van der Waals surface area contributed by atoms with Crippen molar-refractivity contribution in [1.29, 1.82) is 0 Å². The first-order chi connectivity index (χ1) is 15.4. The van der Waals surface area contributed by atoms with E-state index in [1.807, 2.05) is 31.1 Å². The molecule has 1 fully saturated rings. The van der Waals surface area contributed by atoms with Gasteiger partial charge in [-0.2, -0.15) is 0 Å². The largest absolute Gasteiger partial charge is 0.507 e. The second-order valence-corrected chi connectivity index (χ2v) is 7.57. The molecule has 3 aromatic rings. The summed E-state index contributed by atoms with van der Waals surface area (Å²) < 4.78 is 5.24. The van der Waals surface area contributed by atoms with Gasteiger partial charge >= 0.3 is 0 Å². The fourth-order valence-corrected chi connectivity index (χ4v) is 3.75. The number of hydrogen-bond donors (Lipinski definition) is 1. The van der Waals surface area contributed by atoms with Gasteiger partial charge in [0.25, 0.3) is 11.7 Å². The van der Waals surface area contributed by atoms with Crippen molar-refractivity contribution in [2.75, 3.05) is 31.0 Å². The minimum absolute atomic E-state index is 0.0151. The van der Waals surface area contributed by atoms with Gasteiger partial charge in [0.1, 0.15) is 17.6 Å². The Kier molecular flexibility index (Phi) is 5.64. The fraction of sp³-hybridized carbons (Fsp3) is 0.160. The van der Waals surface area contributed by atoms with Crippen LogP contribution in [0.4, 0.5) is 11.4 Å². The molecule has 1 unspecified atom stereocenters. The number of anilines is 2. The molecular formula is C25H23N3O4. The molecular weight excluding hydrogens is 406 g/mol. The summed E-state index contributed by atoms with van der Waals surface area (Å²) in [6, 6.07) is 18.4. The first kappa shape index (κ1) is 21.1. The van der Waals surface area contributed by atoms with Crippen LogP contribution in [-0.2, 0) is 9.59 Å². The number of hydrogen-bond acceptors (Lipinski definition) is 6. The number of pyridine rings is 1. The molecule has 1 N–H and O–H groups in total. The fourth-order valence-electron chi connectivity index (χ4n) is 3.75. The maximum atomic E-state index is 13.1. The minimum Gasteiger partial charge on any atom is -0.507 e. The normalized spacial score (nSPS) is 17.5. The van der Waals surface area contributed by atoms with Crippen molar-refractivity contribution in [3.8, 4) is 5.75 Å². The predicted octanol–water partition coefficient (Wildman–Crippen LogP) is 3.78. The molecule has 0 bridgehead atoms. The molecule has 7 heteroatoms. The van der Waals surface area contributed by atoms with E-state index in [2.05, 4.69) is 4.98 Å². The van der Waals surface area contributed by atoms with Gasteiger partial charge in [-0.15, -0.1) is 0 Å². The van der Waals surface area contributed by atoms with Crippen LogP contribution in [0.5, 0.6) is 5.75 Å². The molecule has 4 rings (SSSR count). The highest BCUT2D eigenvalue weighted by molar-refractivity contribution is 6.51. The van der Waals surface area contributed by atoms with E-state index in [0.29, 0.717) is 22.7 Å². The smallest absolute Gasteiger partial charge is 0.300 e. The van der Waals surface area contributed by atoms with Crippen LogP contribution >= 0.6 is 0 Å². The maximum Gasteiger partial charge on any atom is 0.300 e. The highest BCUT2D eigenvalue weighted by Gasteiger charge is 2.47. The van der Waals surface area contributed by atoms with Crippen LogP contribution in [0.1, 0.15) is 17.3 Å². The van der Waals surface area contributed by atoms with Crippen LogP contribution in [0.15, 0.2) is 78.5 Å². The van der Waals surface area contributed by atoms with Gasteiger partial charge in [0.2, 0.25) is 0 Å². The maximum absolute atomic E-state index is 13.1. The van der Waals surface area contributed by atoms with E-state index >= 15 is 0 Å². The molecule has 162 valence electrons. The van der Waals surface area contributed by atoms with Crippen LogP contribution in [0.25, 0.3) is 5.76 Å². The summed E-state index contributed by atoms with van der Waals surface area (Å²) in [5.74, 6) is -1.23. The molecule has 0 spiro atoms. The number of carbonyl (C=O) groups is 2. The molecule has 0 aliphatic carbocycles. The van der Waals surface area contributed by atoms with Crippen molar-refractivity contribution in [2.45, 2.75) is 6.04 Å². The van der Waals surface area contributed by atoms with Crippen LogP contribution in [-0.4, -0.2) is 43.0 Å². The molecule has 2 aromatic carbocycles. The van der Waals surface area contributed by atoms with Gasteiger partial charge in [-0.05, 0) is 48.5 Å². The van der Waals surface area contributed by atoms with E-state index in [4.69, 9.17) is 4.74 Å². The van der Waals surface area contributed by atoms with E-state index in [9.17, 15) is 14.7 Å². The number of carbonyl (C=O) groups excluding carboxylic acids is 2. The van der Waals surface area contributed by atoms with Crippen LogP contribution in [0.3, 0.4) is 0 Å². The predicted molar refractivity (Wildman–Crippen MR) is 123 cm³/mol. The molecule has 2 heterocycles. The number of aromatic nitrogens is 1. The van der Waals surface area contributed by atoms with Gasteiger partial charge in [0.05, 0.1) is 18.4 Å². The SMILES string of the molecule is COc1cccc(/C(O)=C2/C(=O)C(=O)N(c3ccc(N(C)C)cc3)C2c2ccccn2)c1. The first-order valence-corrected chi connectivity index (χ1v) is 10.1. The lowest BCUT2D eigenvalue weighted by Crippen LogP contribution is -2.29. The molecule has 1 saturated heterocycles. The number of nitrogens with zero attached hydrogens (tertiary/aromatic N) is 3. The Morgan fingerprint density at radius 2 is 1.78 bits per heavy atom. The van der Waals surface area contributed by atoms with Crippen molar-refractivity contribution in [1.82, 2.24) is 4.98 Å². The van der Waals surface area contributed by atoms with E-state index in [1.165, 1.54) is 12.0 Å². The monoisotopic (exact) mass is 429 g/mol. The molecule has 1 aromatic heterocycles. The number of amides is 1. The molecule has 0 saturated carbocycles. The van der Waals surface area contributed by atoms with Gasteiger partial charge < -0.3 is 14.7 Å². The first-order valence-electron chi connectivity index (χ1n) is 10.1. The molecule has 32 heavy (non-hydrogen) atoms. The molecule has 1 atom stereocenters. The van der Waals surface area contributed by atoms with Crippen molar-refractivity contribution >= 4 is 28.8 Å². The van der Waals surface area contributed by atoms with Crippen molar-refractivity contribution in [3.63, 3.8) is 0 Å². The van der Waals surface area contributed by atoms with E-state index in [1.54, 1.807) is 60.8 Å². The highest BCUT2D eigenvalue weighted by Crippen LogP contribution is 2.41. The number of Topliss-reactive ketones (excluding diaryl/α,β-unsaturated/α-hetero) is 1. The Morgan fingerprint density at radius 1 is 1.03 bits per heavy atom. The van der Waals surface area contributed by atoms with Gasteiger partial charge in [-0.1, -0.05) is 18.2 Å². The van der Waals surface area contributed by atoms with E-state index in [0.717, 1.165) is 5.69 Å². The summed E-state index contributed by atoms with van der Waals surface area (Å²) >= 11 is 0. The Bertz CT molecular complexity index is 1190. The molecule has 1 aliphatic heterocycles. The summed E-state index contributed by atoms with van der Waals surface area (Å²) in [5.41, 5.74) is 2.34. The standard InChI is InChI=1S/C25H23N3O4/c1-27(2)17-10-12-18(13-11-17)28-22(20-9-4-5-14-26-20)21(24(30)25(28)31)23(29)16-7-6-8-19(15-16)32-3/h4-15,22,29H,1-3H3/b23-21-. The zero-order valence-corrected chi connectivity index (χ0v) is 18.0. The number of methoxy groups -OCH3 is 1. The number of rotatable bonds is 5. The number of ketones is 1. The van der Waals surface area contributed by atoms with Crippen molar-refractivity contribution in [3.05, 3.63) is 89.8 Å². The second kappa shape index (κ2) is 8.55. The summed E-state index contributed by atoms with van der Waals surface area (Å²) in [4.78, 5) is 34.0.